The van der Waals surface area contributed by atoms with Crippen molar-refractivity contribution in [3.05, 3.63) is 53.5 Å². The predicted molar refractivity (Wildman–Crippen MR) is 118 cm³/mol. The molecular weight excluding hydrogens is 394 g/mol. The number of benzene rings is 1. The fourth-order valence-corrected chi connectivity index (χ4v) is 4.69. The topological polar surface area (TPSA) is 83.8 Å². The summed E-state index contributed by atoms with van der Waals surface area (Å²) in [6, 6.07) is 8.66. The molecule has 2 aliphatic rings. The van der Waals surface area contributed by atoms with Crippen LogP contribution in [0.25, 0.3) is 0 Å². The zero-order valence-corrected chi connectivity index (χ0v) is 18.1. The van der Waals surface area contributed by atoms with Gasteiger partial charge in [-0.1, -0.05) is 25.3 Å². The summed E-state index contributed by atoms with van der Waals surface area (Å²) in [6.07, 6.45) is 7.32. The highest BCUT2D eigenvalue weighted by molar-refractivity contribution is 6.03. The number of anilines is 1. The molecule has 166 valence electrons. The number of morpholine rings is 1. The molecule has 7 nitrogen and oxygen atoms in total. The fraction of sp³-hybridized carbons (Fsp3) is 0.500. The van der Waals surface area contributed by atoms with E-state index in [0.29, 0.717) is 17.8 Å². The van der Waals surface area contributed by atoms with Gasteiger partial charge in [-0.2, -0.15) is 0 Å². The van der Waals surface area contributed by atoms with Gasteiger partial charge in [0, 0.05) is 36.4 Å². The number of nitrogens with zero attached hydrogens (tertiary/aromatic N) is 1. The van der Waals surface area contributed by atoms with E-state index in [4.69, 9.17) is 9.15 Å². The molecule has 0 spiro atoms. The van der Waals surface area contributed by atoms with Crippen LogP contribution in [-0.2, 0) is 4.74 Å². The Morgan fingerprint density at radius 1 is 1.06 bits per heavy atom. The van der Waals surface area contributed by atoms with Gasteiger partial charge in [0.15, 0.2) is 5.76 Å². The molecule has 7 heteroatoms. The molecule has 1 aromatic carbocycles. The lowest BCUT2D eigenvalue weighted by molar-refractivity contribution is -0.0361. The van der Waals surface area contributed by atoms with Gasteiger partial charge in [0.25, 0.3) is 11.8 Å². The van der Waals surface area contributed by atoms with E-state index in [9.17, 15) is 9.59 Å². The molecule has 0 atom stereocenters. The lowest BCUT2D eigenvalue weighted by atomic mass is 9.79. The standard InChI is InChI=1S/C24H31N3O4/c1-18-7-8-19(16-20(18)26-23(29)21-6-5-13-31-21)22(28)25-17-24(9-3-2-4-10-24)27-11-14-30-15-12-27/h5-8,13,16H,2-4,9-12,14-15,17H2,1H3,(H,25,28)(H,26,29). The summed E-state index contributed by atoms with van der Waals surface area (Å²) in [6.45, 7) is 5.88. The van der Waals surface area contributed by atoms with Gasteiger partial charge in [0.2, 0.25) is 0 Å². The van der Waals surface area contributed by atoms with Crippen LogP contribution in [0.3, 0.4) is 0 Å². The van der Waals surface area contributed by atoms with Gasteiger partial charge in [-0.25, -0.2) is 0 Å². The third kappa shape index (κ3) is 4.99. The summed E-state index contributed by atoms with van der Waals surface area (Å²) in [7, 11) is 0. The van der Waals surface area contributed by atoms with Crippen LogP contribution in [0.5, 0.6) is 0 Å². The Bertz CT molecular complexity index is 898. The van der Waals surface area contributed by atoms with Crippen LogP contribution in [0.2, 0.25) is 0 Å². The summed E-state index contributed by atoms with van der Waals surface area (Å²) < 4.78 is 10.7. The molecule has 1 aliphatic carbocycles. The van der Waals surface area contributed by atoms with Crippen LogP contribution in [0, 0.1) is 6.92 Å². The number of hydrogen-bond donors (Lipinski definition) is 2. The van der Waals surface area contributed by atoms with Crippen LogP contribution in [0.15, 0.2) is 41.0 Å². The Hall–Kier alpha value is -2.64. The highest BCUT2D eigenvalue weighted by atomic mass is 16.5. The van der Waals surface area contributed by atoms with Crippen molar-refractivity contribution < 1.29 is 18.7 Å². The monoisotopic (exact) mass is 425 g/mol. The summed E-state index contributed by atoms with van der Waals surface area (Å²) in [5.41, 5.74) is 2.04. The predicted octanol–water partition coefficient (Wildman–Crippen LogP) is 3.61. The first kappa shape index (κ1) is 21.6. The molecule has 1 aliphatic heterocycles. The molecule has 0 radical (unpaired) electrons. The van der Waals surface area contributed by atoms with E-state index < -0.39 is 0 Å². The lowest BCUT2D eigenvalue weighted by Crippen LogP contribution is -2.59. The van der Waals surface area contributed by atoms with E-state index in [1.165, 1.54) is 25.5 Å². The summed E-state index contributed by atoms with van der Waals surface area (Å²) >= 11 is 0. The number of carbonyl (C=O) groups excluding carboxylic acids is 2. The zero-order chi connectivity index (χ0) is 21.7. The second-order valence-electron chi connectivity index (χ2n) is 8.53. The molecule has 0 bridgehead atoms. The van der Waals surface area contributed by atoms with Crippen molar-refractivity contribution in [3.8, 4) is 0 Å². The molecule has 31 heavy (non-hydrogen) atoms. The number of aryl methyl sites for hydroxylation is 1. The zero-order valence-electron chi connectivity index (χ0n) is 18.1. The molecule has 2 amide bonds. The highest BCUT2D eigenvalue weighted by Gasteiger charge is 2.38. The fourth-order valence-electron chi connectivity index (χ4n) is 4.69. The molecule has 4 rings (SSSR count). The molecule has 2 fully saturated rings. The SMILES string of the molecule is Cc1ccc(C(=O)NCC2(N3CCOCC3)CCCCC2)cc1NC(=O)c1ccco1. The molecule has 1 saturated carbocycles. The van der Waals surface area contributed by atoms with E-state index in [2.05, 4.69) is 15.5 Å². The van der Waals surface area contributed by atoms with Gasteiger partial charge < -0.3 is 19.8 Å². The van der Waals surface area contributed by atoms with E-state index in [1.807, 2.05) is 13.0 Å². The number of amides is 2. The van der Waals surface area contributed by atoms with Gasteiger partial charge in [-0.3, -0.25) is 14.5 Å². The molecule has 2 heterocycles. The Balaban J connectivity index is 1.44. The van der Waals surface area contributed by atoms with Gasteiger partial charge in [0.05, 0.1) is 19.5 Å². The quantitative estimate of drug-likeness (QED) is 0.739. The summed E-state index contributed by atoms with van der Waals surface area (Å²) in [5, 5.41) is 6.02. The smallest absolute Gasteiger partial charge is 0.291 e. The average Bonchev–Trinajstić information content (AvgIpc) is 3.35. The number of carbonyl (C=O) groups is 2. The van der Waals surface area contributed by atoms with Crippen LogP contribution >= 0.6 is 0 Å². The van der Waals surface area contributed by atoms with Gasteiger partial charge in [-0.15, -0.1) is 0 Å². The van der Waals surface area contributed by atoms with Crippen molar-refractivity contribution in [1.29, 1.82) is 0 Å². The third-order valence-electron chi connectivity index (χ3n) is 6.54. The molecule has 0 unspecified atom stereocenters. The molecule has 2 aromatic rings. The van der Waals surface area contributed by atoms with E-state index in [-0.39, 0.29) is 23.1 Å². The van der Waals surface area contributed by atoms with Crippen LogP contribution in [0.1, 0.15) is 58.6 Å². The van der Waals surface area contributed by atoms with Crippen molar-refractivity contribution in [3.63, 3.8) is 0 Å². The largest absolute Gasteiger partial charge is 0.459 e. The Labute approximate surface area is 183 Å². The first-order valence-corrected chi connectivity index (χ1v) is 11.1. The van der Waals surface area contributed by atoms with Gasteiger partial charge in [-0.05, 0) is 49.6 Å². The molecule has 1 aromatic heterocycles. The Morgan fingerprint density at radius 3 is 2.55 bits per heavy atom. The number of ether oxygens (including phenoxy) is 1. The minimum Gasteiger partial charge on any atom is -0.459 e. The Kier molecular flexibility index (Phi) is 6.73. The van der Waals surface area contributed by atoms with Crippen molar-refractivity contribution in [2.45, 2.75) is 44.6 Å². The maximum absolute atomic E-state index is 13.0. The molecule has 1 saturated heterocycles. The summed E-state index contributed by atoms with van der Waals surface area (Å²) in [5.74, 6) is -0.218. The van der Waals surface area contributed by atoms with Crippen molar-refractivity contribution in [1.82, 2.24) is 10.2 Å². The number of nitrogens with one attached hydrogen (secondary N) is 2. The van der Waals surface area contributed by atoms with Crippen LogP contribution in [0.4, 0.5) is 5.69 Å². The van der Waals surface area contributed by atoms with Crippen molar-refractivity contribution in [2.75, 3.05) is 38.2 Å². The first-order valence-electron chi connectivity index (χ1n) is 11.1. The summed E-state index contributed by atoms with van der Waals surface area (Å²) in [4.78, 5) is 27.9. The van der Waals surface area contributed by atoms with E-state index in [0.717, 1.165) is 44.7 Å². The molecular formula is C24H31N3O4. The normalized spacial score (nSPS) is 19.0. The third-order valence-corrected chi connectivity index (χ3v) is 6.54. The maximum atomic E-state index is 13.0. The minimum atomic E-state index is -0.334. The number of furan rings is 1. The molecule has 2 N–H and O–H groups in total. The van der Waals surface area contributed by atoms with Crippen molar-refractivity contribution >= 4 is 17.5 Å². The van der Waals surface area contributed by atoms with Crippen LogP contribution < -0.4 is 10.6 Å². The Morgan fingerprint density at radius 2 is 1.84 bits per heavy atom. The van der Waals surface area contributed by atoms with E-state index >= 15 is 0 Å². The minimum absolute atomic E-state index is 0.0126. The second kappa shape index (κ2) is 9.66. The first-order chi connectivity index (χ1) is 15.1. The highest BCUT2D eigenvalue weighted by Crippen LogP contribution is 2.34. The second-order valence-corrected chi connectivity index (χ2v) is 8.53. The average molecular weight is 426 g/mol. The van der Waals surface area contributed by atoms with Gasteiger partial charge >= 0.3 is 0 Å². The van der Waals surface area contributed by atoms with Crippen LogP contribution in [-0.4, -0.2) is 55.1 Å². The van der Waals surface area contributed by atoms with Gasteiger partial charge in [0.1, 0.15) is 0 Å². The maximum Gasteiger partial charge on any atom is 0.291 e. The van der Waals surface area contributed by atoms with E-state index in [1.54, 1.807) is 24.3 Å². The number of hydrogen-bond acceptors (Lipinski definition) is 5. The van der Waals surface area contributed by atoms with Crippen molar-refractivity contribution in [2.24, 2.45) is 0 Å². The number of rotatable bonds is 6. The lowest BCUT2D eigenvalue weighted by Gasteiger charge is -2.48.